The van der Waals surface area contributed by atoms with Crippen molar-refractivity contribution in [1.82, 2.24) is 9.97 Å². The Kier molecular flexibility index (Phi) is 4.95. The number of thiazole rings is 2. The Hall–Kier alpha value is -2.33. The van der Waals surface area contributed by atoms with Crippen LogP contribution in [0.15, 0.2) is 15.9 Å². The summed E-state index contributed by atoms with van der Waals surface area (Å²) in [6.07, 6.45) is 0.460. The van der Waals surface area contributed by atoms with Gasteiger partial charge in [0, 0.05) is 10.8 Å². The van der Waals surface area contributed by atoms with E-state index in [1.54, 1.807) is 5.38 Å². The predicted octanol–water partition coefficient (Wildman–Crippen LogP) is 1.48. The van der Waals surface area contributed by atoms with Crippen LogP contribution in [0.1, 0.15) is 16.4 Å². The van der Waals surface area contributed by atoms with E-state index < -0.39 is 5.97 Å². The summed E-state index contributed by atoms with van der Waals surface area (Å²) >= 11 is 2.56. The number of carboxylic acid groups (broad SMARTS) is 1. The first kappa shape index (κ1) is 15.1. The van der Waals surface area contributed by atoms with E-state index in [-0.39, 0.29) is 23.1 Å². The number of hydrogen-bond acceptors (Lipinski definition) is 8. The molecule has 0 aliphatic carbocycles. The van der Waals surface area contributed by atoms with Crippen LogP contribution in [0.3, 0.4) is 0 Å². The van der Waals surface area contributed by atoms with Crippen LogP contribution in [0.25, 0.3) is 0 Å². The molecule has 0 unspecified atom stereocenters. The fraction of sp³-hybridized carbons (Fsp3) is 0.182. The molecule has 0 aliphatic rings. The number of aromatic nitrogens is 2. The molecule has 0 aromatic carbocycles. The van der Waals surface area contributed by atoms with Crippen LogP contribution in [-0.4, -0.2) is 33.2 Å². The summed E-state index contributed by atoms with van der Waals surface area (Å²) in [6, 6.07) is 0. The molecule has 2 heterocycles. The molecule has 0 saturated heterocycles. The van der Waals surface area contributed by atoms with Gasteiger partial charge in [-0.2, -0.15) is 0 Å². The fourth-order valence-electron chi connectivity index (χ4n) is 1.33. The third-order valence-electron chi connectivity index (χ3n) is 2.17. The molecule has 2 rings (SSSR count). The SMILES string of the molecule is Cc1nc(CON=C(C(=O)O)c2csc(NC=O)n2)cs1. The highest BCUT2D eigenvalue weighted by molar-refractivity contribution is 7.14. The quantitative estimate of drug-likeness (QED) is 0.452. The minimum Gasteiger partial charge on any atom is -0.476 e. The number of anilines is 1. The lowest BCUT2D eigenvalue weighted by molar-refractivity contribution is -0.129. The van der Waals surface area contributed by atoms with Crippen molar-refractivity contribution in [2.75, 3.05) is 5.32 Å². The molecule has 8 nitrogen and oxygen atoms in total. The van der Waals surface area contributed by atoms with E-state index in [9.17, 15) is 9.59 Å². The minimum absolute atomic E-state index is 0.0741. The molecular weight excluding hydrogens is 316 g/mol. The van der Waals surface area contributed by atoms with Gasteiger partial charge in [-0.1, -0.05) is 5.16 Å². The van der Waals surface area contributed by atoms with Crippen molar-refractivity contribution in [3.63, 3.8) is 0 Å². The maximum absolute atomic E-state index is 11.2. The number of amides is 1. The van der Waals surface area contributed by atoms with Crippen LogP contribution in [0.5, 0.6) is 0 Å². The monoisotopic (exact) mass is 326 g/mol. The van der Waals surface area contributed by atoms with E-state index in [4.69, 9.17) is 9.94 Å². The summed E-state index contributed by atoms with van der Waals surface area (Å²) in [5.41, 5.74) is 0.455. The number of hydrogen-bond donors (Lipinski definition) is 2. The molecule has 0 aliphatic heterocycles. The summed E-state index contributed by atoms with van der Waals surface area (Å²) < 4.78 is 0. The van der Waals surface area contributed by atoms with Crippen LogP contribution in [-0.2, 0) is 21.0 Å². The lowest BCUT2D eigenvalue weighted by atomic mass is 10.3. The highest BCUT2D eigenvalue weighted by Crippen LogP contribution is 2.16. The molecule has 110 valence electrons. The third kappa shape index (κ3) is 4.07. The molecule has 2 aromatic rings. The summed E-state index contributed by atoms with van der Waals surface area (Å²) in [5.74, 6) is -1.27. The second kappa shape index (κ2) is 6.90. The predicted molar refractivity (Wildman–Crippen MR) is 77.6 cm³/mol. The number of carbonyl (C=O) groups is 2. The average molecular weight is 326 g/mol. The van der Waals surface area contributed by atoms with E-state index in [1.807, 2.05) is 6.92 Å². The molecule has 0 saturated carbocycles. The van der Waals surface area contributed by atoms with Crippen molar-refractivity contribution in [3.05, 3.63) is 27.2 Å². The lowest BCUT2D eigenvalue weighted by Crippen LogP contribution is -2.15. The fourth-order valence-corrected chi connectivity index (χ4v) is 2.58. The van der Waals surface area contributed by atoms with Crippen molar-refractivity contribution >= 4 is 45.9 Å². The summed E-state index contributed by atoms with van der Waals surface area (Å²) in [7, 11) is 0. The number of aliphatic carboxylic acids is 1. The van der Waals surface area contributed by atoms with Gasteiger partial charge in [0.15, 0.2) is 11.7 Å². The summed E-state index contributed by atoms with van der Waals surface area (Å²) in [4.78, 5) is 34.6. The van der Waals surface area contributed by atoms with Crippen molar-refractivity contribution in [2.45, 2.75) is 13.5 Å². The Labute approximate surface area is 127 Å². The number of nitrogens with zero attached hydrogens (tertiary/aromatic N) is 3. The molecule has 10 heteroatoms. The molecular formula is C11H10N4O4S2. The van der Waals surface area contributed by atoms with Crippen molar-refractivity contribution in [2.24, 2.45) is 5.16 Å². The Bertz CT molecular complexity index is 679. The first-order valence-electron chi connectivity index (χ1n) is 5.60. The third-order valence-corrected chi connectivity index (χ3v) is 3.76. The van der Waals surface area contributed by atoms with Gasteiger partial charge >= 0.3 is 5.97 Å². The molecule has 0 fully saturated rings. The van der Waals surface area contributed by atoms with Gasteiger partial charge in [-0.05, 0) is 6.92 Å². The summed E-state index contributed by atoms with van der Waals surface area (Å²) in [6.45, 7) is 1.93. The van der Waals surface area contributed by atoms with E-state index >= 15 is 0 Å². The van der Waals surface area contributed by atoms with Gasteiger partial charge in [0.2, 0.25) is 12.1 Å². The number of rotatable bonds is 7. The normalized spacial score (nSPS) is 11.2. The van der Waals surface area contributed by atoms with Gasteiger partial charge in [-0.25, -0.2) is 14.8 Å². The number of carbonyl (C=O) groups excluding carboxylic acids is 1. The highest BCUT2D eigenvalue weighted by Gasteiger charge is 2.17. The average Bonchev–Trinajstić information content (AvgIpc) is 3.04. The van der Waals surface area contributed by atoms with Crippen LogP contribution in [0, 0.1) is 6.92 Å². The Morgan fingerprint density at radius 3 is 2.90 bits per heavy atom. The van der Waals surface area contributed by atoms with Crippen LogP contribution >= 0.6 is 22.7 Å². The maximum Gasteiger partial charge on any atom is 0.360 e. The zero-order chi connectivity index (χ0) is 15.2. The summed E-state index contributed by atoms with van der Waals surface area (Å²) in [5, 5.41) is 19.5. The van der Waals surface area contributed by atoms with E-state index in [2.05, 4.69) is 20.4 Å². The molecule has 0 spiro atoms. The molecule has 0 bridgehead atoms. The van der Waals surface area contributed by atoms with Crippen molar-refractivity contribution in [1.29, 1.82) is 0 Å². The molecule has 21 heavy (non-hydrogen) atoms. The molecule has 0 atom stereocenters. The van der Waals surface area contributed by atoms with Crippen LogP contribution in [0.2, 0.25) is 0 Å². The van der Waals surface area contributed by atoms with Crippen LogP contribution < -0.4 is 5.32 Å². The zero-order valence-electron chi connectivity index (χ0n) is 10.8. The zero-order valence-corrected chi connectivity index (χ0v) is 12.4. The first-order valence-corrected chi connectivity index (χ1v) is 7.36. The van der Waals surface area contributed by atoms with Gasteiger partial charge in [0.25, 0.3) is 0 Å². The smallest absolute Gasteiger partial charge is 0.360 e. The van der Waals surface area contributed by atoms with Gasteiger partial charge in [0.1, 0.15) is 5.69 Å². The standard InChI is InChI=1S/C11H10N4O4S2/c1-6-13-7(3-20-6)2-19-15-9(10(17)18)8-4-21-11(14-8)12-5-16/h3-5H,2H2,1H3,(H,17,18)(H,12,14,16). The van der Waals surface area contributed by atoms with E-state index in [1.165, 1.54) is 16.7 Å². The highest BCUT2D eigenvalue weighted by atomic mass is 32.1. The van der Waals surface area contributed by atoms with Crippen LogP contribution in [0.4, 0.5) is 5.13 Å². The molecule has 1 amide bonds. The molecule has 2 aromatic heterocycles. The second-order valence-electron chi connectivity index (χ2n) is 3.68. The minimum atomic E-state index is -1.27. The van der Waals surface area contributed by atoms with Gasteiger partial charge in [-0.15, -0.1) is 22.7 Å². The van der Waals surface area contributed by atoms with Crippen molar-refractivity contribution < 1.29 is 19.5 Å². The Balaban J connectivity index is 2.08. The van der Waals surface area contributed by atoms with E-state index in [0.717, 1.165) is 16.3 Å². The maximum atomic E-state index is 11.2. The number of carboxylic acids is 1. The molecule has 2 N–H and O–H groups in total. The topological polar surface area (TPSA) is 114 Å². The van der Waals surface area contributed by atoms with Gasteiger partial charge in [0.05, 0.1) is 10.7 Å². The van der Waals surface area contributed by atoms with Gasteiger partial charge in [-0.3, -0.25) is 4.79 Å². The largest absolute Gasteiger partial charge is 0.476 e. The lowest BCUT2D eigenvalue weighted by Gasteiger charge is -1.99. The number of aryl methyl sites for hydroxylation is 1. The Morgan fingerprint density at radius 1 is 1.48 bits per heavy atom. The van der Waals surface area contributed by atoms with Gasteiger partial charge < -0.3 is 15.3 Å². The first-order chi connectivity index (χ1) is 10.1. The van der Waals surface area contributed by atoms with E-state index in [0.29, 0.717) is 12.1 Å². The molecule has 0 radical (unpaired) electrons. The number of nitrogens with one attached hydrogen (secondary N) is 1. The Morgan fingerprint density at radius 2 is 2.29 bits per heavy atom. The van der Waals surface area contributed by atoms with Crippen molar-refractivity contribution in [3.8, 4) is 0 Å². The number of oxime groups is 1. The second-order valence-corrected chi connectivity index (χ2v) is 5.60.